The molecule has 164 valence electrons. The van der Waals surface area contributed by atoms with Crippen LogP contribution in [-0.4, -0.2) is 53.1 Å². The van der Waals surface area contributed by atoms with E-state index in [0.717, 1.165) is 63.9 Å². The first-order valence-electron chi connectivity index (χ1n) is 10.7. The molecule has 0 saturated carbocycles. The van der Waals surface area contributed by atoms with Crippen molar-refractivity contribution in [1.82, 2.24) is 24.5 Å². The summed E-state index contributed by atoms with van der Waals surface area (Å²) in [6.45, 7) is 3.53. The second kappa shape index (κ2) is 8.37. The average molecular weight is 448 g/mol. The molecular weight excluding hydrogens is 422 g/mol. The maximum absolute atomic E-state index is 11.9. The number of phenolic OH excluding ortho intramolecular Hbond substituents is 1. The lowest BCUT2D eigenvalue weighted by molar-refractivity contribution is 0.474. The molecule has 0 fully saturated rings. The van der Waals surface area contributed by atoms with Crippen molar-refractivity contribution >= 4 is 27.5 Å². The largest absolute Gasteiger partial charge is 0.508 e. The third-order valence-corrected chi connectivity index (χ3v) is 7.01. The lowest BCUT2D eigenvalue weighted by Gasteiger charge is -2.23. The molecule has 0 aliphatic carbocycles. The van der Waals surface area contributed by atoms with Crippen LogP contribution < -0.4 is 0 Å². The topological polar surface area (TPSA) is 97.9 Å². The minimum absolute atomic E-state index is 0.283. The van der Waals surface area contributed by atoms with Crippen LogP contribution in [0, 0.1) is 0 Å². The minimum atomic E-state index is -0.983. The number of fused-ring (bicyclic) bond motifs is 1. The van der Waals surface area contributed by atoms with Gasteiger partial charge >= 0.3 is 0 Å². The Morgan fingerprint density at radius 3 is 2.91 bits per heavy atom. The van der Waals surface area contributed by atoms with Crippen LogP contribution >= 0.6 is 0 Å². The van der Waals surface area contributed by atoms with E-state index in [4.69, 9.17) is 0 Å². The number of aryl methyl sites for hydroxylation is 1. The van der Waals surface area contributed by atoms with E-state index in [-0.39, 0.29) is 5.75 Å². The number of nitrogens with one attached hydrogen (secondary N) is 2. The highest BCUT2D eigenvalue weighted by molar-refractivity contribution is 7.81. The fourth-order valence-electron chi connectivity index (χ4n) is 4.26. The summed E-state index contributed by atoms with van der Waals surface area (Å²) in [4.78, 5) is 7.96. The van der Waals surface area contributed by atoms with Crippen LogP contribution in [-0.2, 0) is 17.4 Å². The molecule has 8 heteroatoms. The number of aromatic amines is 2. The van der Waals surface area contributed by atoms with Gasteiger partial charge in [0.05, 0.1) is 28.4 Å². The van der Waals surface area contributed by atoms with Crippen LogP contribution in [0.1, 0.15) is 24.6 Å². The first-order valence-corrected chi connectivity index (χ1v) is 12.2. The zero-order chi connectivity index (χ0) is 22.2. The molecule has 0 amide bonds. The summed E-state index contributed by atoms with van der Waals surface area (Å²) in [5.41, 5.74) is 7.01. The third kappa shape index (κ3) is 3.76. The summed E-state index contributed by atoms with van der Waals surface area (Å²) < 4.78 is 13.8. The van der Waals surface area contributed by atoms with Crippen LogP contribution in [0.25, 0.3) is 39.1 Å². The molecule has 7 nitrogen and oxygen atoms in total. The molecule has 0 radical (unpaired) electrons. The smallest absolute Gasteiger partial charge is 0.159 e. The van der Waals surface area contributed by atoms with Crippen LogP contribution in [0.5, 0.6) is 5.75 Å². The summed E-state index contributed by atoms with van der Waals surface area (Å²) in [7, 11) is -0.983. The van der Waals surface area contributed by atoms with Gasteiger partial charge < -0.3 is 10.1 Å². The highest BCUT2D eigenvalue weighted by atomic mass is 32.2. The van der Waals surface area contributed by atoms with Crippen LogP contribution in [0.4, 0.5) is 0 Å². The van der Waals surface area contributed by atoms with Gasteiger partial charge in [0.25, 0.3) is 0 Å². The number of aromatic hydroxyl groups is 1. The van der Waals surface area contributed by atoms with E-state index >= 15 is 0 Å². The fraction of sp³-hybridized carbons (Fsp3) is 0.250. The van der Waals surface area contributed by atoms with Crippen molar-refractivity contribution in [1.29, 1.82) is 0 Å². The number of hydrogen-bond acceptors (Lipinski definition) is 4. The Hall–Kier alpha value is -3.23. The molecule has 0 saturated heterocycles. The van der Waals surface area contributed by atoms with Crippen LogP contribution in [0.15, 0.2) is 48.7 Å². The van der Waals surface area contributed by atoms with Gasteiger partial charge in [0, 0.05) is 24.7 Å². The van der Waals surface area contributed by atoms with E-state index < -0.39 is 11.0 Å². The van der Waals surface area contributed by atoms with Crippen molar-refractivity contribution in [2.75, 3.05) is 19.3 Å². The molecule has 32 heavy (non-hydrogen) atoms. The maximum atomic E-state index is 11.9. The molecule has 2 aromatic heterocycles. The van der Waals surface area contributed by atoms with Crippen molar-refractivity contribution in [2.45, 2.75) is 19.8 Å². The zero-order valence-corrected chi connectivity index (χ0v) is 18.9. The molecule has 3 heterocycles. The maximum Gasteiger partial charge on any atom is 0.159 e. The number of rotatable bonds is 5. The lowest BCUT2D eigenvalue weighted by atomic mass is 9.97. The number of aromatic nitrogens is 4. The zero-order valence-electron chi connectivity index (χ0n) is 18.1. The molecule has 3 N–H and O–H groups in total. The van der Waals surface area contributed by atoms with Gasteiger partial charge in [0.2, 0.25) is 0 Å². The van der Waals surface area contributed by atoms with E-state index in [0.29, 0.717) is 12.4 Å². The Morgan fingerprint density at radius 1 is 1.22 bits per heavy atom. The second-order valence-corrected chi connectivity index (χ2v) is 9.34. The Kier molecular flexibility index (Phi) is 5.40. The van der Waals surface area contributed by atoms with E-state index in [1.165, 1.54) is 0 Å². The lowest BCUT2D eigenvalue weighted by Crippen LogP contribution is -2.30. The van der Waals surface area contributed by atoms with E-state index in [1.807, 2.05) is 22.6 Å². The van der Waals surface area contributed by atoms with E-state index in [1.54, 1.807) is 12.3 Å². The van der Waals surface area contributed by atoms with Crippen molar-refractivity contribution in [3.63, 3.8) is 0 Å². The SMILES string of the molecule is CCc1cc(O)ccc1-c1ccc2c(-c3ncc(C4=CCCN(S(C)=O)C4)[nH]3)n[nH]c2c1. The Balaban J connectivity index is 1.47. The number of benzene rings is 2. The minimum Gasteiger partial charge on any atom is -0.508 e. The second-order valence-electron chi connectivity index (χ2n) is 7.98. The predicted octanol–water partition coefficient (Wildman–Crippen LogP) is 4.27. The van der Waals surface area contributed by atoms with Gasteiger partial charge in [-0.15, -0.1) is 0 Å². The summed E-state index contributed by atoms with van der Waals surface area (Å²) in [5.74, 6) is 0.985. The fourth-order valence-corrected chi connectivity index (χ4v) is 4.94. The van der Waals surface area contributed by atoms with Crippen molar-refractivity contribution in [3.8, 4) is 28.4 Å². The van der Waals surface area contributed by atoms with Crippen LogP contribution in [0.2, 0.25) is 0 Å². The first kappa shape index (κ1) is 20.7. The quantitative estimate of drug-likeness (QED) is 0.426. The molecule has 0 bridgehead atoms. The molecule has 0 spiro atoms. The molecule has 1 aliphatic heterocycles. The van der Waals surface area contributed by atoms with E-state index in [2.05, 4.69) is 51.4 Å². The summed E-state index contributed by atoms with van der Waals surface area (Å²) in [6.07, 6.45) is 7.42. The molecule has 1 aliphatic rings. The standard InChI is InChI=1S/C24H25N5O2S/c1-3-15-11-18(30)7-9-19(15)16-6-8-20-21(12-16)27-28-23(20)24-25-13-22(26-24)17-5-4-10-29(14-17)32(2)31/h5-9,11-13,30H,3-4,10,14H2,1-2H3,(H,25,26)(H,27,28). The highest BCUT2D eigenvalue weighted by Crippen LogP contribution is 2.32. The summed E-state index contributed by atoms with van der Waals surface area (Å²) in [6, 6.07) is 11.7. The monoisotopic (exact) mass is 447 g/mol. The number of hydrogen-bond donors (Lipinski definition) is 3. The van der Waals surface area contributed by atoms with E-state index in [9.17, 15) is 9.32 Å². The molecular formula is C24H25N5O2S. The van der Waals surface area contributed by atoms with Crippen molar-refractivity contribution < 1.29 is 9.32 Å². The molecule has 1 unspecified atom stereocenters. The summed E-state index contributed by atoms with van der Waals surface area (Å²) in [5, 5.41) is 18.4. The first-order chi connectivity index (χ1) is 15.5. The van der Waals surface area contributed by atoms with Gasteiger partial charge in [-0.1, -0.05) is 25.1 Å². The molecule has 1 atom stereocenters. The normalized spacial score (nSPS) is 15.8. The number of imidazole rings is 1. The Morgan fingerprint density at radius 2 is 2.09 bits per heavy atom. The number of nitrogens with zero attached hydrogens (tertiary/aromatic N) is 3. The van der Waals surface area contributed by atoms with Gasteiger partial charge in [-0.3, -0.25) is 5.10 Å². The Bertz CT molecular complexity index is 1350. The van der Waals surface area contributed by atoms with Crippen molar-refractivity contribution in [3.05, 3.63) is 59.9 Å². The van der Waals surface area contributed by atoms with Crippen LogP contribution in [0.3, 0.4) is 0 Å². The number of H-pyrrole nitrogens is 2. The molecule has 5 rings (SSSR count). The van der Waals surface area contributed by atoms with Gasteiger partial charge in [0.15, 0.2) is 5.82 Å². The highest BCUT2D eigenvalue weighted by Gasteiger charge is 2.19. The molecule has 4 aromatic rings. The third-order valence-electron chi connectivity index (χ3n) is 5.97. The van der Waals surface area contributed by atoms with Gasteiger partial charge in [-0.2, -0.15) is 5.10 Å². The van der Waals surface area contributed by atoms with Gasteiger partial charge in [-0.25, -0.2) is 13.5 Å². The number of phenols is 1. The average Bonchev–Trinajstić information content (AvgIpc) is 3.45. The predicted molar refractivity (Wildman–Crippen MR) is 128 cm³/mol. The summed E-state index contributed by atoms with van der Waals surface area (Å²) >= 11 is 0. The van der Waals surface area contributed by atoms with Gasteiger partial charge in [-0.05, 0) is 59.4 Å². The Labute approximate surface area is 188 Å². The van der Waals surface area contributed by atoms with Gasteiger partial charge in [0.1, 0.15) is 11.4 Å². The molecule has 2 aromatic carbocycles. The van der Waals surface area contributed by atoms with Crippen molar-refractivity contribution in [2.24, 2.45) is 0 Å².